The summed E-state index contributed by atoms with van der Waals surface area (Å²) in [5.41, 5.74) is 0. The van der Waals surface area contributed by atoms with Crippen LogP contribution >= 0.6 is 11.5 Å². The molecule has 1 aliphatic rings. The van der Waals surface area contributed by atoms with Crippen LogP contribution in [0.4, 0.5) is 9.52 Å². The van der Waals surface area contributed by atoms with E-state index in [-0.39, 0.29) is 4.90 Å². The van der Waals surface area contributed by atoms with Crippen molar-refractivity contribution in [2.24, 2.45) is 0 Å². The topological polar surface area (TPSA) is 66.4 Å². The number of hydrogen-bond acceptors (Lipinski definition) is 6. The Hall–Kier alpha value is -1.58. The molecule has 0 N–H and O–H groups in total. The van der Waals surface area contributed by atoms with Crippen molar-refractivity contribution >= 4 is 26.7 Å². The van der Waals surface area contributed by atoms with Gasteiger partial charge in [0.1, 0.15) is 11.6 Å². The van der Waals surface area contributed by atoms with Crippen molar-refractivity contribution in [3.05, 3.63) is 35.9 Å². The highest BCUT2D eigenvalue weighted by Gasteiger charge is 2.29. The van der Waals surface area contributed by atoms with E-state index in [1.54, 1.807) is 0 Å². The fourth-order valence-corrected chi connectivity index (χ4v) is 4.62. The van der Waals surface area contributed by atoms with Crippen molar-refractivity contribution in [1.82, 2.24) is 13.7 Å². The Bertz CT molecular complexity index is 768. The minimum absolute atomic E-state index is 0.122. The molecular formula is C14H17FN4O2S2. The zero-order chi connectivity index (χ0) is 16.4. The van der Waals surface area contributed by atoms with E-state index >= 15 is 0 Å². The predicted octanol–water partition coefficient (Wildman–Crippen LogP) is 1.75. The predicted molar refractivity (Wildman–Crippen MR) is 86.7 cm³/mol. The van der Waals surface area contributed by atoms with Crippen LogP contribution in [0.3, 0.4) is 0 Å². The molecule has 0 bridgehead atoms. The van der Waals surface area contributed by atoms with Crippen molar-refractivity contribution in [3.8, 4) is 0 Å². The van der Waals surface area contributed by atoms with Crippen molar-refractivity contribution in [1.29, 1.82) is 0 Å². The minimum Gasteiger partial charge on any atom is -0.344 e. The lowest BCUT2D eigenvalue weighted by molar-refractivity contribution is 0.384. The zero-order valence-electron chi connectivity index (χ0n) is 12.6. The molecule has 1 fully saturated rings. The van der Waals surface area contributed by atoms with Gasteiger partial charge in [-0.3, -0.25) is 0 Å². The molecule has 1 aromatic heterocycles. The van der Waals surface area contributed by atoms with Crippen LogP contribution in [0.1, 0.15) is 12.7 Å². The number of anilines is 1. The normalized spacial score (nSPS) is 16.7. The number of aryl methyl sites for hydroxylation is 1. The summed E-state index contributed by atoms with van der Waals surface area (Å²) in [5, 5.41) is 0.834. The van der Waals surface area contributed by atoms with Crippen LogP contribution < -0.4 is 4.90 Å². The van der Waals surface area contributed by atoms with E-state index < -0.39 is 15.8 Å². The summed E-state index contributed by atoms with van der Waals surface area (Å²) < 4.78 is 43.7. The van der Waals surface area contributed by atoms with Gasteiger partial charge in [-0.05, 0) is 24.3 Å². The van der Waals surface area contributed by atoms with Gasteiger partial charge in [0.25, 0.3) is 0 Å². The lowest BCUT2D eigenvalue weighted by Gasteiger charge is -2.33. The molecule has 6 nitrogen and oxygen atoms in total. The van der Waals surface area contributed by atoms with Crippen LogP contribution in [-0.2, 0) is 16.4 Å². The number of nitrogens with zero attached hydrogens (tertiary/aromatic N) is 4. The zero-order valence-corrected chi connectivity index (χ0v) is 14.3. The van der Waals surface area contributed by atoms with Crippen molar-refractivity contribution in [2.75, 3.05) is 31.1 Å². The fraction of sp³-hybridized carbons (Fsp3) is 0.429. The quantitative estimate of drug-likeness (QED) is 0.835. The Balaban J connectivity index is 1.69. The first-order valence-electron chi connectivity index (χ1n) is 7.34. The molecule has 0 radical (unpaired) electrons. The molecule has 3 rings (SSSR count). The van der Waals surface area contributed by atoms with E-state index in [1.807, 2.05) is 11.8 Å². The number of benzene rings is 1. The summed E-state index contributed by atoms with van der Waals surface area (Å²) in [6.45, 7) is 3.89. The van der Waals surface area contributed by atoms with Crippen LogP contribution in [-0.4, -0.2) is 48.3 Å². The van der Waals surface area contributed by atoms with Crippen molar-refractivity contribution in [3.63, 3.8) is 0 Å². The summed E-state index contributed by atoms with van der Waals surface area (Å²) in [6, 6.07) is 4.93. The van der Waals surface area contributed by atoms with E-state index in [4.69, 9.17) is 0 Å². The van der Waals surface area contributed by atoms with Gasteiger partial charge in [0.05, 0.1) is 4.90 Å². The monoisotopic (exact) mass is 356 g/mol. The van der Waals surface area contributed by atoms with Gasteiger partial charge < -0.3 is 4.90 Å². The van der Waals surface area contributed by atoms with E-state index in [0.717, 1.165) is 29.5 Å². The molecule has 2 aromatic rings. The smallest absolute Gasteiger partial charge is 0.243 e. The van der Waals surface area contributed by atoms with E-state index in [1.165, 1.54) is 28.0 Å². The summed E-state index contributed by atoms with van der Waals surface area (Å²) in [7, 11) is -3.58. The molecule has 1 aromatic carbocycles. The molecule has 1 saturated heterocycles. The fourth-order valence-electron chi connectivity index (χ4n) is 2.39. The highest BCUT2D eigenvalue weighted by atomic mass is 32.2. The van der Waals surface area contributed by atoms with Crippen LogP contribution in [0.15, 0.2) is 29.2 Å². The highest BCUT2D eigenvalue weighted by Crippen LogP contribution is 2.22. The number of sulfonamides is 1. The number of piperazine rings is 1. The van der Waals surface area contributed by atoms with Crippen LogP contribution in [0.2, 0.25) is 0 Å². The number of aromatic nitrogens is 2. The molecule has 9 heteroatoms. The molecule has 0 aliphatic carbocycles. The van der Waals surface area contributed by atoms with Gasteiger partial charge in [-0.15, -0.1) is 0 Å². The number of rotatable bonds is 4. The van der Waals surface area contributed by atoms with E-state index in [2.05, 4.69) is 9.36 Å². The van der Waals surface area contributed by atoms with Gasteiger partial charge in [-0.25, -0.2) is 17.8 Å². The second-order valence-electron chi connectivity index (χ2n) is 5.19. The average Bonchev–Trinajstić information content (AvgIpc) is 3.04. The van der Waals surface area contributed by atoms with Gasteiger partial charge in [-0.2, -0.15) is 8.68 Å². The highest BCUT2D eigenvalue weighted by molar-refractivity contribution is 7.89. The largest absolute Gasteiger partial charge is 0.344 e. The Morgan fingerprint density at radius 1 is 1.17 bits per heavy atom. The third kappa shape index (κ3) is 3.36. The molecule has 124 valence electrons. The SMILES string of the molecule is CCc1nsc(N2CCN(S(=O)(=O)c3ccc(F)cc3)CC2)n1. The molecule has 0 atom stereocenters. The molecule has 0 spiro atoms. The Morgan fingerprint density at radius 3 is 2.39 bits per heavy atom. The first-order valence-corrected chi connectivity index (χ1v) is 9.55. The average molecular weight is 356 g/mol. The number of halogens is 1. The van der Waals surface area contributed by atoms with Gasteiger partial charge in [-0.1, -0.05) is 6.92 Å². The van der Waals surface area contributed by atoms with Crippen molar-refractivity contribution < 1.29 is 12.8 Å². The van der Waals surface area contributed by atoms with Gasteiger partial charge in [0.15, 0.2) is 0 Å². The Labute approximate surface area is 138 Å². The maximum absolute atomic E-state index is 13.0. The van der Waals surface area contributed by atoms with E-state index in [9.17, 15) is 12.8 Å². The lowest BCUT2D eigenvalue weighted by atomic mass is 10.4. The van der Waals surface area contributed by atoms with Gasteiger partial charge >= 0.3 is 0 Å². The maximum atomic E-state index is 13.0. The standard InChI is InChI=1S/C14H17FN4O2S2/c1-2-13-16-14(22-17-13)18-7-9-19(10-8-18)23(20,21)12-5-3-11(15)4-6-12/h3-6H,2,7-10H2,1H3. The molecule has 0 amide bonds. The number of hydrogen-bond donors (Lipinski definition) is 0. The Morgan fingerprint density at radius 2 is 1.83 bits per heavy atom. The molecule has 1 aliphatic heterocycles. The summed E-state index contributed by atoms with van der Waals surface area (Å²) in [5.74, 6) is 0.364. The van der Waals surface area contributed by atoms with Crippen LogP contribution in [0, 0.1) is 5.82 Å². The first-order chi connectivity index (χ1) is 11.0. The van der Waals surface area contributed by atoms with Gasteiger partial charge in [0, 0.05) is 44.1 Å². The van der Waals surface area contributed by atoms with Crippen molar-refractivity contribution in [2.45, 2.75) is 18.2 Å². The second kappa shape index (κ2) is 6.50. The third-order valence-electron chi connectivity index (χ3n) is 3.73. The molecule has 0 saturated carbocycles. The summed E-state index contributed by atoms with van der Waals surface area (Å²) in [4.78, 5) is 6.60. The van der Waals surface area contributed by atoms with E-state index in [0.29, 0.717) is 26.2 Å². The summed E-state index contributed by atoms with van der Waals surface area (Å²) >= 11 is 1.34. The third-order valence-corrected chi connectivity index (χ3v) is 6.46. The minimum atomic E-state index is -3.58. The summed E-state index contributed by atoms with van der Waals surface area (Å²) in [6.07, 6.45) is 0.787. The molecule has 23 heavy (non-hydrogen) atoms. The van der Waals surface area contributed by atoms with Crippen LogP contribution in [0.25, 0.3) is 0 Å². The molecule has 2 heterocycles. The second-order valence-corrected chi connectivity index (χ2v) is 7.86. The Kier molecular flexibility index (Phi) is 4.60. The first kappa shape index (κ1) is 16.3. The van der Waals surface area contributed by atoms with Gasteiger partial charge in [0.2, 0.25) is 15.2 Å². The molecular weight excluding hydrogens is 339 g/mol. The lowest BCUT2D eigenvalue weighted by Crippen LogP contribution is -2.48. The molecule has 0 unspecified atom stereocenters. The maximum Gasteiger partial charge on any atom is 0.243 e. The van der Waals surface area contributed by atoms with Crippen LogP contribution in [0.5, 0.6) is 0 Å².